The Morgan fingerprint density at radius 1 is 1.67 bits per heavy atom. The number of urea groups is 1. The lowest BCUT2D eigenvalue weighted by Crippen LogP contribution is -2.35. The lowest BCUT2D eigenvalue weighted by atomic mass is 10.3. The molecule has 0 fully saturated rings. The standard InChI is InChI=1S/C10H14ClN3O/c1-3-7(2)13-10(15)14-8-4-5-12-9(11)6-8/h4-7H,3H2,1-2H3,(H2,12,13,14,15). The van der Waals surface area contributed by atoms with Crippen molar-refractivity contribution in [1.82, 2.24) is 10.3 Å². The Bertz CT molecular complexity index is 343. The molecule has 0 aliphatic rings. The van der Waals surface area contributed by atoms with Gasteiger partial charge >= 0.3 is 6.03 Å². The summed E-state index contributed by atoms with van der Waals surface area (Å²) in [4.78, 5) is 15.2. The number of rotatable bonds is 3. The van der Waals surface area contributed by atoms with Gasteiger partial charge in [0.25, 0.3) is 0 Å². The summed E-state index contributed by atoms with van der Waals surface area (Å²) in [5.41, 5.74) is 0.635. The summed E-state index contributed by atoms with van der Waals surface area (Å²) >= 11 is 5.68. The number of hydrogen-bond acceptors (Lipinski definition) is 2. The van der Waals surface area contributed by atoms with E-state index in [9.17, 15) is 4.79 Å². The van der Waals surface area contributed by atoms with Crippen molar-refractivity contribution in [2.45, 2.75) is 26.3 Å². The van der Waals surface area contributed by atoms with Crippen LogP contribution >= 0.6 is 11.6 Å². The molecule has 0 spiro atoms. The first-order chi connectivity index (χ1) is 7.11. The van der Waals surface area contributed by atoms with Crippen LogP contribution in [0.4, 0.5) is 10.5 Å². The van der Waals surface area contributed by atoms with Crippen LogP contribution in [0.25, 0.3) is 0 Å². The molecule has 0 aliphatic carbocycles. The van der Waals surface area contributed by atoms with E-state index in [4.69, 9.17) is 11.6 Å². The number of halogens is 1. The van der Waals surface area contributed by atoms with Crippen LogP contribution in [0, 0.1) is 0 Å². The predicted molar refractivity (Wildman–Crippen MR) is 61.2 cm³/mol. The summed E-state index contributed by atoms with van der Waals surface area (Å²) < 4.78 is 0. The fraction of sp³-hybridized carbons (Fsp3) is 0.400. The van der Waals surface area contributed by atoms with Crippen LogP contribution in [-0.2, 0) is 0 Å². The van der Waals surface area contributed by atoms with Gasteiger partial charge in [-0.15, -0.1) is 0 Å². The van der Waals surface area contributed by atoms with Crippen molar-refractivity contribution in [3.63, 3.8) is 0 Å². The Labute approximate surface area is 94.0 Å². The molecule has 0 saturated heterocycles. The van der Waals surface area contributed by atoms with E-state index in [0.717, 1.165) is 6.42 Å². The van der Waals surface area contributed by atoms with Crippen molar-refractivity contribution < 1.29 is 4.79 Å². The number of pyridine rings is 1. The average molecular weight is 228 g/mol. The van der Waals surface area contributed by atoms with Crippen LogP contribution < -0.4 is 10.6 Å². The van der Waals surface area contributed by atoms with E-state index < -0.39 is 0 Å². The van der Waals surface area contributed by atoms with Crippen molar-refractivity contribution in [3.8, 4) is 0 Å². The number of anilines is 1. The molecule has 0 saturated carbocycles. The summed E-state index contributed by atoms with van der Waals surface area (Å²) in [5.74, 6) is 0. The quantitative estimate of drug-likeness (QED) is 0.780. The molecule has 5 heteroatoms. The Kier molecular flexibility index (Phi) is 4.37. The van der Waals surface area contributed by atoms with Crippen LogP contribution in [0.15, 0.2) is 18.3 Å². The third-order valence-electron chi connectivity index (χ3n) is 1.97. The van der Waals surface area contributed by atoms with E-state index in [1.165, 1.54) is 0 Å². The van der Waals surface area contributed by atoms with Gasteiger partial charge < -0.3 is 10.6 Å². The first-order valence-corrected chi connectivity index (χ1v) is 5.18. The van der Waals surface area contributed by atoms with Crippen LogP contribution in [0.3, 0.4) is 0 Å². The number of hydrogen-bond donors (Lipinski definition) is 2. The van der Waals surface area contributed by atoms with Gasteiger partial charge in [0.05, 0.1) is 0 Å². The highest BCUT2D eigenvalue weighted by molar-refractivity contribution is 6.29. The smallest absolute Gasteiger partial charge is 0.319 e. The zero-order chi connectivity index (χ0) is 11.3. The minimum Gasteiger partial charge on any atom is -0.335 e. The zero-order valence-electron chi connectivity index (χ0n) is 8.75. The molecule has 15 heavy (non-hydrogen) atoms. The number of amides is 2. The molecular formula is C10H14ClN3O. The molecule has 0 radical (unpaired) electrons. The molecule has 2 N–H and O–H groups in total. The van der Waals surface area contributed by atoms with Crippen LogP contribution in [0.5, 0.6) is 0 Å². The molecule has 1 aromatic heterocycles. The molecule has 1 rings (SSSR count). The molecule has 0 bridgehead atoms. The summed E-state index contributed by atoms with van der Waals surface area (Å²) in [6.07, 6.45) is 2.44. The molecule has 0 aliphatic heterocycles. The topological polar surface area (TPSA) is 54.0 Å². The maximum absolute atomic E-state index is 11.4. The summed E-state index contributed by atoms with van der Waals surface area (Å²) in [6.45, 7) is 3.95. The SMILES string of the molecule is CCC(C)NC(=O)Nc1ccnc(Cl)c1. The van der Waals surface area contributed by atoms with Crippen LogP contribution in [0.2, 0.25) is 5.15 Å². The second-order valence-corrected chi connectivity index (χ2v) is 3.66. The fourth-order valence-corrected chi connectivity index (χ4v) is 1.15. The van der Waals surface area contributed by atoms with E-state index >= 15 is 0 Å². The van der Waals surface area contributed by atoms with Gasteiger partial charge in [-0.3, -0.25) is 0 Å². The normalized spacial score (nSPS) is 11.9. The van der Waals surface area contributed by atoms with E-state index in [1.54, 1.807) is 18.3 Å². The highest BCUT2D eigenvalue weighted by Gasteiger charge is 2.05. The van der Waals surface area contributed by atoms with Gasteiger partial charge in [0, 0.05) is 17.9 Å². The van der Waals surface area contributed by atoms with E-state index in [1.807, 2.05) is 13.8 Å². The monoisotopic (exact) mass is 227 g/mol. The molecule has 1 atom stereocenters. The molecular weight excluding hydrogens is 214 g/mol. The molecule has 0 aromatic carbocycles. The fourth-order valence-electron chi connectivity index (χ4n) is 0.973. The number of carbonyl (C=O) groups excluding carboxylic acids is 1. The maximum atomic E-state index is 11.4. The minimum atomic E-state index is -0.230. The van der Waals surface area contributed by atoms with Crippen molar-refractivity contribution in [2.24, 2.45) is 0 Å². The first-order valence-electron chi connectivity index (χ1n) is 4.81. The van der Waals surface area contributed by atoms with Gasteiger partial charge in [-0.1, -0.05) is 18.5 Å². The highest BCUT2D eigenvalue weighted by Crippen LogP contribution is 2.11. The maximum Gasteiger partial charge on any atom is 0.319 e. The number of aromatic nitrogens is 1. The average Bonchev–Trinajstić information content (AvgIpc) is 2.17. The Hall–Kier alpha value is -1.29. The van der Waals surface area contributed by atoms with Crippen LogP contribution in [-0.4, -0.2) is 17.1 Å². The van der Waals surface area contributed by atoms with E-state index in [-0.39, 0.29) is 12.1 Å². The van der Waals surface area contributed by atoms with E-state index in [2.05, 4.69) is 15.6 Å². The van der Waals surface area contributed by atoms with Crippen LogP contribution in [0.1, 0.15) is 20.3 Å². The number of nitrogens with one attached hydrogen (secondary N) is 2. The third-order valence-corrected chi connectivity index (χ3v) is 2.18. The van der Waals surface area contributed by atoms with Crippen molar-refractivity contribution in [2.75, 3.05) is 5.32 Å². The van der Waals surface area contributed by atoms with E-state index in [0.29, 0.717) is 10.8 Å². The molecule has 1 aromatic rings. The third kappa shape index (κ3) is 4.16. The number of nitrogens with zero attached hydrogens (tertiary/aromatic N) is 1. The van der Waals surface area contributed by atoms with Gasteiger partial charge in [0.15, 0.2) is 0 Å². The summed E-state index contributed by atoms with van der Waals surface area (Å²) in [5, 5.41) is 5.82. The largest absolute Gasteiger partial charge is 0.335 e. The molecule has 1 unspecified atom stereocenters. The van der Waals surface area contributed by atoms with Crippen molar-refractivity contribution in [3.05, 3.63) is 23.5 Å². The van der Waals surface area contributed by atoms with Crippen molar-refractivity contribution in [1.29, 1.82) is 0 Å². The lowest BCUT2D eigenvalue weighted by Gasteiger charge is -2.12. The Morgan fingerprint density at radius 2 is 2.40 bits per heavy atom. The Morgan fingerprint density at radius 3 is 3.00 bits per heavy atom. The van der Waals surface area contributed by atoms with Gasteiger partial charge in [-0.25, -0.2) is 9.78 Å². The molecule has 82 valence electrons. The molecule has 2 amide bonds. The summed E-state index contributed by atoms with van der Waals surface area (Å²) in [6, 6.07) is 3.20. The molecule has 1 heterocycles. The number of carbonyl (C=O) groups is 1. The molecule has 4 nitrogen and oxygen atoms in total. The zero-order valence-corrected chi connectivity index (χ0v) is 9.51. The lowest BCUT2D eigenvalue weighted by molar-refractivity contribution is 0.249. The summed E-state index contributed by atoms with van der Waals surface area (Å²) in [7, 11) is 0. The second kappa shape index (κ2) is 5.56. The van der Waals surface area contributed by atoms with Gasteiger partial charge in [-0.2, -0.15) is 0 Å². The highest BCUT2D eigenvalue weighted by atomic mass is 35.5. The Balaban J connectivity index is 2.51. The second-order valence-electron chi connectivity index (χ2n) is 3.27. The van der Waals surface area contributed by atoms with Gasteiger partial charge in [0.1, 0.15) is 5.15 Å². The minimum absolute atomic E-state index is 0.155. The first kappa shape index (κ1) is 11.8. The van der Waals surface area contributed by atoms with Gasteiger partial charge in [0.2, 0.25) is 0 Å². The van der Waals surface area contributed by atoms with Gasteiger partial charge in [-0.05, 0) is 25.5 Å². The van der Waals surface area contributed by atoms with Crippen molar-refractivity contribution >= 4 is 23.3 Å². The predicted octanol–water partition coefficient (Wildman–Crippen LogP) is 2.66.